The van der Waals surface area contributed by atoms with E-state index in [-0.39, 0.29) is 11.9 Å². The number of anilines is 1. The van der Waals surface area contributed by atoms with Crippen LogP contribution in [0.2, 0.25) is 0 Å². The number of para-hydroxylation sites is 2. The third-order valence-electron chi connectivity index (χ3n) is 6.29. The summed E-state index contributed by atoms with van der Waals surface area (Å²) < 4.78 is 5.30. The predicted molar refractivity (Wildman–Crippen MR) is 112 cm³/mol. The first-order chi connectivity index (χ1) is 14.1. The average molecular weight is 388 g/mol. The monoisotopic (exact) mass is 388 g/mol. The molecule has 3 atom stereocenters. The molecule has 6 heteroatoms. The van der Waals surface area contributed by atoms with Crippen LogP contribution < -0.4 is 9.64 Å². The summed E-state index contributed by atoms with van der Waals surface area (Å²) in [4.78, 5) is 26.1. The number of benzene rings is 2. The quantitative estimate of drug-likeness (QED) is 0.689. The zero-order chi connectivity index (χ0) is 20.0. The van der Waals surface area contributed by atoms with Gasteiger partial charge >= 0.3 is 0 Å². The minimum absolute atomic E-state index is 0.0850. The molecule has 0 spiro atoms. The van der Waals surface area contributed by atoms with Crippen LogP contribution in [0.1, 0.15) is 18.5 Å². The molecular formula is C23H24N4O2. The summed E-state index contributed by atoms with van der Waals surface area (Å²) in [7, 11) is 1.67. The van der Waals surface area contributed by atoms with Gasteiger partial charge in [-0.25, -0.2) is 4.98 Å². The maximum absolute atomic E-state index is 12.3. The van der Waals surface area contributed by atoms with Crippen molar-refractivity contribution < 1.29 is 9.53 Å². The van der Waals surface area contributed by atoms with Crippen molar-refractivity contribution in [3.63, 3.8) is 0 Å². The van der Waals surface area contributed by atoms with Gasteiger partial charge in [0.25, 0.3) is 0 Å². The molecule has 1 amide bonds. The van der Waals surface area contributed by atoms with Crippen molar-refractivity contribution in [2.45, 2.75) is 13.0 Å². The summed E-state index contributed by atoms with van der Waals surface area (Å²) in [6.07, 6.45) is 1.87. The summed E-state index contributed by atoms with van der Waals surface area (Å²) in [5.74, 6) is 2.69. The van der Waals surface area contributed by atoms with E-state index in [0.29, 0.717) is 11.8 Å². The Labute approximate surface area is 170 Å². The fourth-order valence-corrected chi connectivity index (χ4v) is 4.88. The number of nitrogens with zero attached hydrogens (tertiary/aromatic N) is 4. The molecule has 2 aromatic carbocycles. The van der Waals surface area contributed by atoms with E-state index in [2.05, 4.69) is 22.0 Å². The summed E-state index contributed by atoms with van der Waals surface area (Å²) in [6.45, 7) is 4.23. The molecule has 3 heterocycles. The fraction of sp³-hybridized carbons (Fsp3) is 0.348. The van der Waals surface area contributed by atoms with E-state index in [1.807, 2.05) is 47.5 Å². The standard InChI is InChI=1S/C23H24N4O2/c1-15(28)27-13-17-12-26(22-11-24-20-5-3-4-6-21(20)25-22)14-19(17)23(27)16-7-9-18(29-2)10-8-16/h3-11,17,19,23H,12-14H2,1-2H3/t17-,19-,23+/m1/s1. The highest BCUT2D eigenvalue weighted by Gasteiger charge is 2.48. The molecule has 0 unspecified atom stereocenters. The molecule has 6 nitrogen and oxygen atoms in total. The van der Waals surface area contributed by atoms with Crippen LogP contribution in [0.3, 0.4) is 0 Å². The van der Waals surface area contributed by atoms with Crippen molar-refractivity contribution in [1.82, 2.24) is 14.9 Å². The van der Waals surface area contributed by atoms with Gasteiger partial charge in [-0.05, 0) is 29.8 Å². The number of hydrogen-bond acceptors (Lipinski definition) is 5. The van der Waals surface area contributed by atoms with E-state index in [9.17, 15) is 4.79 Å². The van der Waals surface area contributed by atoms with Gasteiger partial charge in [0.05, 0.1) is 30.4 Å². The van der Waals surface area contributed by atoms with Gasteiger partial charge in [0.15, 0.2) is 0 Å². The molecule has 0 bridgehead atoms. The lowest BCUT2D eigenvalue weighted by Crippen LogP contribution is -2.34. The number of ether oxygens (including phenoxy) is 1. The van der Waals surface area contributed by atoms with Crippen LogP contribution in [0, 0.1) is 11.8 Å². The molecule has 3 aromatic rings. The molecule has 2 fully saturated rings. The first-order valence-corrected chi connectivity index (χ1v) is 10.0. The molecule has 0 N–H and O–H groups in total. The fourth-order valence-electron chi connectivity index (χ4n) is 4.88. The molecule has 0 aliphatic carbocycles. The molecule has 0 saturated carbocycles. The first kappa shape index (κ1) is 17.9. The topological polar surface area (TPSA) is 58.6 Å². The van der Waals surface area contributed by atoms with Crippen molar-refractivity contribution in [2.75, 3.05) is 31.6 Å². The van der Waals surface area contributed by atoms with Gasteiger partial charge < -0.3 is 14.5 Å². The van der Waals surface area contributed by atoms with Crippen LogP contribution in [0.5, 0.6) is 5.75 Å². The zero-order valence-electron chi connectivity index (χ0n) is 16.7. The van der Waals surface area contributed by atoms with E-state index in [1.54, 1.807) is 14.0 Å². The number of methoxy groups -OCH3 is 1. The number of aromatic nitrogens is 2. The molecule has 1 aromatic heterocycles. The van der Waals surface area contributed by atoms with Crippen LogP contribution in [0.4, 0.5) is 5.82 Å². The lowest BCUT2D eigenvalue weighted by atomic mass is 9.89. The Morgan fingerprint density at radius 2 is 1.79 bits per heavy atom. The molecule has 0 radical (unpaired) electrons. The van der Waals surface area contributed by atoms with Crippen LogP contribution >= 0.6 is 0 Å². The summed E-state index contributed by atoms with van der Waals surface area (Å²) in [5, 5.41) is 0. The van der Waals surface area contributed by atoms with Gasteiger partial charge in [-0.3, -0.25) is 9.78 Å². The van der Waals surface area contributed by atoms with Crippen LogP contribution in [0.25, 0.3) is 11.0 Å². The summed E-state index contributed by atoms with van der Waals surface area (Å²) in [5.41, 5.74) is 2.99. The van der Waals surface area contributed by atoms with Gasteiger partial charge in [0.1, 0.15) is 11.6 Å². The molecular weight excluding hydrogens is 364 g/mol. The number of amides is 1. The maximum atomic E-state index is 12.3. The molecule has 2 aliphatic rings. The highest BCUT2D eigenvalue weighted by molar-refractivity contribution is 5.76. The van der Waals surface area contributed by atoms with Gasteiger partial charge in [-0.15, -0.1) is 0 Å². The Hall–Kier alpha value is -3.15. The number of fused-ring (bicyclic) bond motifs is 2. The average Bonchev–Trinajstić information content (AvgIpc) is 3.32. The van der Waals surface area contributed by atoms with Crippen molar-refractivity contribution in [2.24, 2.45) is 11.8 Å². The van der Waals surface area contributed by atoms with Gasteiger partial charge in [0, 0.05) is 38.4 Å². The second-order valence-electron chi connectivity index (χ2n) is 7.94. The van der Waals surface area contributed by atoms with Gasteiger partial charge in [-0.2, -0.15) is 0 Å². The molecule has 5 rings (SSSR count). The molecule has 148 valence electrons. The molecule has 29 heavy (non-hydrogen) atoms. The lowest BCUT2D eigenvalue weighted by molar-refractivity contribution is -0.130. The highest BCUT2D eigenvalue weighted by atomic mass is 16.5. The normalized spacial score (nSPS) is 23.4. The minimum Gasteiger partial charge on any atom is -0.497 e. The van der Waals surface area contributed by atoms with E-state index in [1.165, 1.54) is 5.56 Å². The van der Waals surface area contributed by atoms with E-state index in [4.69, 9.17) is 9.72 Å². The van der Waals surface area contributed by atoms with E-state index < -0.39 is 0 Å². The molecule has 2 aliphatic heterocycles. The third kappa shape index (κ3) is 3.09. The van der Waals surface area contributed by atoms with Gasteiger partial charge in [0.2, 0.25) is 5.91 Å². The Kier molecular flexibility index (Phi) is 4.34. The predicted octanol–water partition coefficient (Wildman–Crippen LogP) is 3.29. The summed E-state index contributed by atoms with van der Waals surface area (Å²) in [6, 6.07) is 16.2. The Balaban J connectivity index is 1.44. The summed E-state index contributed by atoms with van der Waals surface area (Å²) >= 11 is 0. The smallest absolute Gasteiger partial charge is 0.219 e. The largest absolute Gasteiger partial charge is 0.497 e. The van der Waals surface area contributed by atoms with Crippen molar-refractivity contribution in [1.29, 1.82) is 0 Å². The van der Waals surface area contributed by atoms with Crippen molar-refractivity contribution in [3.8, 4) is 5.75 Å². The number of carbonyl (C=O) groups excluding carboxylic acids is 1. The zero-order valence-corrected chi connectivity index (χ0v) is 16.7. The maximum Gasteiger partial charge on any atom is 0.219 e. The van der Waals surface area contributed by atoms with Crippen LogP contribution in [0.15, 0.2) is 54.7 Å². The number of rotatable bonds is 3. The lowest BCUT2D eigenvalue weighted by Gasteiger charge is -2.29. The SMILES string of the molecule is COc1ccc([C@H]2[C@@H]3CN(c4cnc5ccccc5n4)C[C@@H]3CN2C(C)=O)cc1. The van der Waals surface area contributed by atoms with Gasteiger partial charge in [-0.1, -0.05) is 24.3 Å². The first-order valence-electron chi connectivity index (χ1n) is 10.0. The number of hydrogen-bond donors (Lipinski definition) is 0. The number of carbonyl (C=O) groups is 1. The molecule has 2 saturated heterocycles. The number of likely N-dealkylation sites (tertiary alicyclic amines) is 1. The minimum atomic E-state index is 0.0850. The highest BCUT2D eigenvalue weighted by Crippen LogP contribution is 2.46. The van der Waals surface area contributed by atoms with Crippen LogP contribution in [-0.4, -0.2) is 47.5 Å². The van der Waals surface area contributed by atoms with E-state index >= 15 is 0 Å². The van der Waals surface area contributed by atoms with E-state index in [0.717, 1.165) is 42.2 Å². The Bertz CT molecular complexity index is 1050. The third-order valence-corrected chi connectivity index (χ3v) is 6.29. The second kappa shape index (κ2) is 7.03. The van der Waals surface area contributed by atoms with Crippen LogP contribution in [-0.2, 0) is 4.79 Å². The van der Waals surface area contributed by atoms with Crippen molar-refractivity contribution in [3.05, 3.63) is 60.3 Å². The Morgan fingerprint density at radius 3 is 2.52 bits per heavy atom. The second-order valence-corrected chi connectivity index (χ2v) is 7.94. The Morgan fingerprint density at radius 1 is 1.03 bits per heavy atom. The van der Waals surface area contributed by atoms with Crippen molar-refractivity contribution >= 4 is 22.8 Å².